The Morgan fingerprint density at radius 1 is 1.19 bits per heavy atom. The van der Waals surface area contributed by atoms with E-state index in [4.69, 9.17) is 4.74 Å². The molecular formula is C14H20O2. The maximum atomic E-state index is 10.8. The second-order valence-electron chi connectivity index (χ2n) is 4.23. The summed E-state index contributed by atoms with van der Waals surface area (Å²) in [4.78, 5) is 10.8. The van der Waals surface area contributed by atoms with Crippen LogP contribution in [0.5, 0.6) is 0 Å². The van der Waals surface area contributed by atoms with Crippen molar-refractivity contribution in [3.05, 3.63) is 35.4 Å². The molecule has 0 bridgehead atoms. The molecule has 0 aliphatic carbocycles. The summed E-state index contributed by atoms with van der Waals surface area (Å²) in [7, 11) is 0. The van der Waals surface area contributed by atoms with E-state index < -0.39 is 0 Å². The SMILES string of the molecule is CCC(C)c1ccc(C(C)OC(C)=O)cc1. The van der Waals surface area contributed by atoms with Gasteiger partial charge in [-0.15, -0.1) is 0 Å². The summed E-state index contributed by atoms with van der Waals surface area (Å²) < 4.78 is 5.12. The standard InChI is InChI=1S/C14H20O2/c1-5-10(2)13-6-8-14(9-7-13)11(3)16-12(4)15/h6-11H,5H2,1-4H3. The Morgan fingerprint density at radius 3 is 2.12 bits per heavy atom. The van der Waals surface area contributed by atoms with Gasteiger partial charge in [0.2, 0.25) is 0 Å². The van der Waals surface area contributed by atoms with Crippen molar-refractivity contribution in [1.29, 1.82) is 0 Å². The molecule has 0 radical (unpaired) electrons. The van der Waals surface area contributed by atoms with E-state index >= 15 is 0 Å². The predicted octanol–water partition coefficient (Wildman–Crippen LogP) is 3.82. The Hall–Kier alpha value is -1.31. The fraction of sp³-hybridized carbons (Fsp3) is 0.500. The fourth-order valence-corrected chi connectivity index (χ4v) is 1.65. The summed E-state index contributed by atoms with van der Waals surface area (Å²) in [6.45, 7) is 7.72. The van der Waals surface area contributed by atoms with Crippen LogP contribution in [0.4, 0.5) is 0 Å². The van der Waals surface area contributed by atoms with Crippen molar-refractivity contribution in [2.24, 2.45) is 0 Å². The van der Waals surface area contributed by atoms with E-state index in [-0.39, 0.29) is 12.1 Å². The number of hydrogen-bond acceptors (Lipinski definition) is 2. The van der Waals surface area contributed by atoms with Gasteiger partial charge < -0.3 is 4.74 Å². The summed E-state index contributed by atoms with van der Waals surface area (Å²) in [5, 5.41) is 0. The Kier molecular flexibility index (Phi) is 4.53. The van der Waals surface area contributed by atoms with E-state index in [1.807, 2.05) is 19.1 Å². The zero-order chi connectivity index (χ0) is 12.1. The van der Waals surface area contributed by atoms with Gasteiger partial charge in [-0.05, 0) is 30.4 Å². The number of carbonyl (C=O) groups excluding carboxylic acids is 1. The predicted molar refractivity (Wildman–Crippen MR) is 65.3 cm³/mol. The van der Waals surface area contributed by atoms with E-state index in [0.717, 1.165) is 12.0 Å². The van der Waals surface area contributed by atoms with Crippen LogP contribution in [0.25, 0.3) is 0 Å². The van der Waals surface area contributed by atoms with Gasteiger partial charge in [0, 0.05) is 6.92 Å². The number of hydrogen-bond donors (Lipinski definition) is 0. The Labute approximate surface area is 97.6 Å². The van der Waals surface area contributed by atoms with Gasteiger partial charge in [0.25, 0.3) is 0 Å². The van der Waals surface area contributed by atoms with Crippen molar-refractivity contribution in [1.82, 2.24) is 0 Å². The maximum Gasteiger partial charge on any atom is 0.303 e. The van der Waals surface area contributed by atoms with Crippen LogP contribution in [0.3, 0.4) is 0 Å². The zero-order valence-electron chi connectivity index (χ0n) is 10.5. The summed E-state index contributed by atoms with van der Waals surface area (Å²) in [5.41, 5.74) is 2.38. The molecule has 1 aromatic carbocycles. The van der Waals surface area contributed by atoms with E-state index in [1.54, 1.807) is 0 Å². The molecule has 1 aromatic rings. The minimum absolute atomic E-state index is 0.163. The van der Waals surface area contributed by atoms with Crippen LogP contribution >= 0.6 is 0 Å². The second kappa shape index (κ2) is 5.69. The molecule has 0 aliphatic heterocycles. The van der Waals surface area contributed by atoms with Crippen LogP contribution in [0.1, 0.15) is 57.3 Å². The van der Waals surface area contributed by atoms with Crippen LogP contribution in [0, 0.1) is 0 Å². The van der Waals surface area contributed by atoms with Gasteiger partial charge in [-0.2, -0.15) is 0 Å². The van der Waals surface area contributed by atoms with Gasteiger partial charge in [-0.1, -0.05) is 38.1 Å². The van der Waals surface area contributed by atoms with E-state index in [0.29, 0.717) is 5.92 Å². The number of esters is 1. The van der Waals surface area contributed by atoms with E-state index in [9.17, 15) is 4.79 Å². The summed E-state index contributed by atoms with van der Waals surface area (Å²) in [6, 6.07) is 8.30. The zero-order valence-corrected chi connectivity index (χ0v) is 10.5. The maximum absolute atomic E-state index is 10.8. The molecule has 2 nitrogen and oxygen atoms in total. The fourth-order valence-electron chi connectivity index (χ4n) is 1.65. The first kappa shape index (κ1) is 12.8. The molecule has 2 atom stereocenters. The number of ether oxygens (including phenoxy) is 1. The average molecular weight is 220 g/mol. The highest BCUT2D eigenvalue weighted by molar-refractivity contribution is 5.66. The lowest BCUT2D eigenvalue weighted by Crippen LogP contribution is -2.04. The second-order valence-corrected chi connectivity index (χ2v) is 4.23. The van der Waals surface area contributed by atoms with Crippen molar-refractivity contribution in [2.45, 2.75) is 46.1 Å². The molecule has 16 heavy (non-hydrogen) atoms. The molecule has 2 heteroatoms. The first-order valence-electron chi connectivity index (χ1n) is 5.81. The third kappa shape index (κ3) is 3.37. The minimum atomic E-state index is -0.237. The molecule has 0 fully saturated rings. The molecule has 1 rings (SSSR count). The third-order valence-corrected chi connectivity index (χ3v) is 2.93. The molecule has 0 heterocycles. The number of benzene rings is 1. The largest absolute Gasteiger partial charge is 0.458 e. The van der Waals surface area contributed by atoms with Gasteiger partial charge in [-0.25, -0.2) is 0 Å². The van der Waals surface area contributed by atoms with Gasteiger partial charge in [0.15, 0.2) is 0 Å². The molecule has 0 aromatic heterocycles. The lowest BCUT2D eigenvalue weighted by molar-refractivity contribution is -0.145. The van der Waals surface area contributed by atoms with E-state index in [1.165, 1.54) is 12.5 Å². The Morgan fingerprint density at radius 2 is 1.69 bits per heavy atom. The first-order valence-corrected chi connectivity index (χ1v) is 5.81. The van der Waals surface area contributed by atoms with Crippen molar-refractivity contribution in [3.8, 4) is 0 Å². The quantitative estimate of drug-likeness (QED) is 0.721. The van der Waals surface area contributed by atoms with Crippen LogP contribution in [-0.4, -0.2) is 5.97 Å². The average Bonchev–Trinajstić information content (AvgIpc) is 2.27. The molecule has 88 valence electrons. The smallest absolute Gasteiger partial charge is 0.303 e. The molecule has 0 spiro atoms. The number of carbonyl (C=O) groups is 1. The van der Waals surface area contributed by atoms with Gasteiger partial charge in [0.05, 0.1) is 0 Å². The highest BCUT2D eigenvalue weighted by Crippen LogP contribution is 2.22. The Bertz CT molecular complexity index is 340. The van der Waals surface area contributed by atoms with Gasteiger partial charge in [0.1, 0.15) is 6.10 Å². The van der Waals surface area contributed by atoms with Crippen molar-refractivity contribution >= 4 is 5.97 Å². The lowest BCUT2D eigenvalue weighted by atomic mass is 9.97. The van der Waals surface area contributed by atoms with Crippen molar-refractivity contribution < 1.29 is 9.53 Å². The molecular weight excluding hydrogens is 200 g/mol. The van der Waals surface area contributed by atoms with Gasteiger partial charge >= 0.3 is 5.97 Å². The highest BCUT2D eigenvalue weighted by atomic mass is 16.5. The molecule has 0 aliphatic rings. The summed E-state index contributed by atoms with van der Waals surface area (Å²) >= 11 is 0. The molecule has 2 unspecified atom stereocenters. The topological polar surface area (TPSA) is 26.3 Å². The molecule has 0 N–H and O–H groups in total. The van der Waals surface area contributed by atoms with Gasteiger partial charge in [-0.3, -0.25) is 4.79 Å². The van der Waals surface area contributed by atoms with Crippen LogP contribution in [0.15, 0.2) is 24.3 Å². The van der Waals surface area contributed by atoms with Crippen LogP contribution < -0.4 is 0 Å². The highest BCUT2D eigenvalue weighted by Gasteiger charge is 2.09. The normalized spacial score (nSPS) is 14.2. The van der Waals surface area contributed by atoms with Crippen LogP contribution in [-0.2, 0) is 9.53 Å². The monoisotopic (exact) mass is 220 g/mol. The molecule has 0 amide bonds. The lowest BCUT2D eigenvalue weighted by Gasteiger charge is -2.14. The van der Waals surface area contributed by atoms with Crippen molar-refractivity contribution in [2.75, 3.05) is 0 Å². The van der Waals surface area contributed by atoms with Crippen LogP contribution in [0.2, 0.25) is 0 Å². The third-order valence-electron chi connectivity index (χ3n) is 2.93. The summed E-state index contributed by atoms with van der Waals surface area (Å²) in [5.74, 6) is 0.344. The summed E-state index contributed by atoms with van der Waals surface area (Å²) in [6.07, 6.45) is 0.974. The molecule has 0 saturated heterocycles. The number of rotatable bonds is 4. The van der Waals surface area contributed by atoms with Crippen molar-refractivity contribution in [3.63, 3.8) is 0 Å². The first-order chi connectivity index (χ1) is 7.54. The van der Waals surface area contributed by atoms with E-state index in [2.05, 4.69) is 26.0 Å². The molecule has 0 saturated carbocycles. The minimum Gasteiger partial charge on any atom is -0.458 e. The Balaban J connectivity index is 2.74.